The van der Waals surface area contributed by atoms with Crippen molar-refractivity contribution in [2.75, 3.05) is 6.61 Å². The predicted molar refractivity (Wildman–Crippen MR) is 40.8 cm³/mol. The molecular weight excluding hydrogens is 144 g/mol. The molecule has 0 N–H and O–H groups in total. The first kappa shape index (κ1) is 10.3. The van der Waals surface area contributed by atoms with Gasteiger partial charge in [-0.05, 0) is 6.42 Å². The number of unbranched alkanes of at least 4 members (excludes halogenated alkanes) is 4. The second-order valence-corrected chi connectivity index (χ2v) is 2.51. The van der Waals surface area contributed by atoms with Gasteiger partial charge in [-0.3, -0.25) is 0 Å². The lowest BCUT2D eigenvalue weighted by Crippen LogP contribution is -1.99. The van der Waals surface area contributed by atoms with Crippen LogP contribution in [0.3, 0.4) is 0 Å². The fourth-order valence-corrected chi connectivity index (χ4v) is 0.861. The average Bonchev–Trinajstić information content (AvgIpc) is 1.96. The molecule has 0 amide bonds. The van der Waals surface area contributed by atoms with E-state index in [9.17, 15) is 9.90 Å². The van der Waals surface area contributed by atoms with E-state index in [0.29, 0.717) is 0 Å². The van der Waals surface area contributed by atoms with E-state index in [0.717, 1.165) is 19.3 Å². The van der Waals surface area contributed by atoms with Crippen LogP contribution < -0.4 is 0 Å². The van der Waals surface area contributed by atoms with Gasteiger partial charge in [0.25, 0.3) is 0 Å². The molecule has 0 saturated heterocycles. The second kappa shape index (κ2) is 7.38. The van der Waals surface area contributed by atoms with Crippen LogP contribution in [0.2, 0.25) is 0 Å². The topological polar surface area (TPSA) is 46.2 Å². The molecule has 3 heteroatoms. The van der Waals surface area contributed by atoms with Gasteiger partial charge in [0.1, 0.15) is 0 Å². The molecule has 0 aromatic heterocycles. The van der Waals surface area contributed by atoms with Gasteiger partial charge >= 0.3 is 6.16 Å². The summed E-state index contributed by atoms with van der Waals surface area (Å²) in [6.07, 6.45) is 4.01. The summed E-state index contributed by atoms with van der Waals surface area (Å²) in [5.74, 6) is 0. The normalized spacial score (nSPS) is 9.55. The van der Waals surface area contributed by atoms with Crippen LogP contribution in [-0.4, -0.2) is 12.8 Å². The quantitative estimate of drug-likeness (QED) is 0.441. The highest BCUT2D eigenvalue weighted by molar-refractivity contribution is 5.56. The molecule has 0 fully saturated rings. The van der Waals surface area contributed by atoms with Crippen LogP contribution in [0.5, 0.6) is 0 Å². The molecule has 1 radical (unpaired) electrons. The van der Waals surface area contributed by atoms with Crippen molar-refractivity contribution in [1.82, 2.24) is 0 Å². The Morgan fingerprint density at radius 3 is 2.36 bits per heavy atom. The van der Waals surface area contributed by atoms with E-state index >= 15 is 0 Å². The molecule has 0 heterocycles. The zero-order valence-corrected chi connectivity index (χ0v) is 6.97. The Labute approximate surface area is 67.4 Å². The number of rotatable bonds is 6. The fraction of sp³-hybridized carbons (Fsp3) is 0.875. The van der Waals surface area contributed by atoms with Gasteiger partial charge in [-0.25, -0.2) is 0 Å². The maximum atomic E-state index is 9.75. The Balaban J connectivity index is 2.85. The van der Waals surface area contributed by atoms with Crippen molar-refractivity contribution < 1.29 is 14.6 Å². The molecule has 11 heavy (non-hydrogen) atoms. The number of carbonyl (C=O) groups excluding carboxylic acids is 1. The van der Waals surface area contributed by atoms with Gasteiger partial charge in [-0.1, -0.05) is 32.6 Å². The van der Waals surface area contributed by atoms with Crippen molar-refractivity contribution >= 4 is 6.16 Å². The van der Waals surface area contributed by atoms with Crippen LogP contribution in [0.4, 0.5) is 4.79 Å². The molecular formula is C8H15O3. The van der Waals surface area contributed by atoms with Crippen molar-refractivity contribution in [3.63, 3.8) is 0 Å². The van der Waals surface area contributed by atoms with E-state index in [1.54, 1.807) is 0 Å². The first-order valence-electron chi connectivity index (χ1n) is 4.11. The monoisotopic (exact) mass is 159 g/mol. The predicted octanol–water partition coefficient (Wildman–Crippen LogP) is 2.52. The zero-order valence-electron chi connectivity index (χ0n) is 6.97. The van der Waals surface area contributed by atoms with E-state index in [2.05, 4.69) is 11.7 Å². The van der Waals surface area contributed by atoms with Crippen molar-refractivity contribution in [3.8, 4) is 0 Å². The first-order chi connectivity index (χ1) is 5.27. The Bertz CT molecular complexity index is 102. The molecule has 0 saturated carbocycles. The van der Waals surface area contributed by atoms with Gasteiger partial charge in [-0.15, -0.1) is 0 Å². The summed E-state index contributed by atoms with van der Waals surface area (Å²) in [7, 11) is 0. The number of carbonyl (C=O) groups is 1. The fourth-order valence-electron chi connectivity index (χ4n) is 0.861. The maximum Gasteiger partial charge on any atom is 0.549 e. The molecule has 0 spiro atoms. The Hall–Kier alpha value is -0.730. The summed E-state index contributed by atoms with van der Waals surface area (Å²) in [6.45, 7) is 2.42. The summed E-state index contributed by atoms with van der Waals surface area (Å²) in [6, 6.07) is 0. The minimum absolute atomic E-state index is 0.284. The molecule has 0 aromatic carbocycles. The van der Waals surface area contributed by atoms with Crippen molar-refractivity contribution in [1.29, 1.82) is 0 Å². The van der Waals surface area contributed by atoms with Crippen LogP contribution in [0, 0.1) is 0 Å². The van der Waals surface area contributed by atoms with Crippen molar-refractivity contribution in [2.24, 2.45) is 0 Å². The molecule has 0 atom stereocenters. The zero-order chi connectivity index (χ0) is 8.53. The average molecular weight is 159 g/mol. The van der Waals surface area contributed by atoms with Crippen LogP contribution in [0.15, 0.2) is 0 Å². The highest BCUT2D eigenvalue weighted by Crippen LogP contribution is 2.02. The molecule has 0 rings (SSSR count). The summed E-state index contributed by atoms with van der Waals surface area (Å²) < 4.78 is 4.23. The third kappa shape index (κ3) is 9.27. The molecule has 0 aromatic rings. The smallest absolute Gasteiger partial charge is 0.432 e. The molecule has 0 unspecified atom stereocenters. The largest absolute Gasteiger partial charge is 0.549 e. The van der Waals surface area contributed by atoms with Crippen LogP contribution >= 0.6 is 0 Å². The lowest BCUT2D eigenvalue weighted by molar-refractivity contribution is 0.0664. The maximum absolute atomic E-state index is 9.75. The van der Waals surface area contributed by atoms with Gasteiger partial charge in [0, 0.05) is 0 Å². The van der Waals surface area contributed by atoms with Crippen LogP contribution in [0.1, 0.15) is 39.0 Å². The summed E-state index contributed by atoms with van der Waals surface area (Å²) in [5, 5.41) is 9.75. The number of ether oxygens (including phenoxy) is 1. The van der Waals surface area contributed by atoms with E-state index in [4.69, 9.17) is 0 Å². The Kier molecular flexibility index (Phi) is 6.89. The highest BCUT2D eigenvalue weighted by atomic mass is 16.7. The summed E-state index contributed by atoms with van der Waals surface area (Å²) in [4.78, 5) is 9.75. The number of hydrogen-bond acceptors (Lipinski definition) is 2. The molecule has 0 bridgehead atoms. The van der Waals surface area contributed by atoms with Gasteiger partial charge < -0.3 is 4.74 Å². The minimum Gasteiger partial charge on any atom is -0.432 e. The van der Waals surface area contributed by atoms with Gasteiger partial charge in [0.2, 0.25) is 0 Å². The van der Waals surface area contributed by atoms with E-state index in [1.807, 2.05) is 0 Å². The second-order valence-electron chi connectivity index (χ2n) is 2.51. The van der Waals surface area contributed by atoms with E-state index in [-0.39, 0.29) is 6.61 Å². The standard InChI is InChI=1S/C8H15O3/c1-2-3-4-5-6-7-11-8(9)10/h2-7H2,1H3. The molecule has 0 aliphatic heterocycles. The van der Waals surface area contributed by atoms with Crippen LogP contribution in [-0.2, 0) is 9.84 Å². The SMILES string of the molecule is CCCCCCCOC([O])=O. The summed E-state index contributed by atoms with van der Waals surface area (Å²) in [5.41, 5.74) is 0. The van der Waals surface area contributed by atoms with Crippen LogP contribution in [0.25, 0.3) is 0 Å². The van der Waals surface area contributed by atoms with E-state index < -0.39 is 6.16 Å². The third-order valence-corrected chi connectivity index (χ3v) is 1.47. The molecule has 65 valence electrons. The Morgan fingerprint density at radius 2 is 1.82 bits per heavy atom. The van der Waals surface area contributed by atoms with Gasteiger partial charge in [-0.2, -0.15) is 9.90 Å². The highest BCUT2D eigenvalue weighted by Gasteiger charge is 1.97. The van der Waals surface area contributed by atoms with Gasteiger partial charge in [0.15, 0.2) is 0 Å². The molecule has 3 nitrogen and oxygen atoms in total. The first-order valence-corrected chi connectivity index (χ1v) is 4.11. The summed E-state index contributed by atoms with van der Waals surface area (Å²) >= 11 is 0. The molecule has 0 aliphatic rings. The van der Waals surface area contributed by atoms with Crippen molar-refractivity contribution in [2.45, 2.75) is 39.0 Å². The lowest BCUT2D eigenvalue weighted by atomic mass is 10.2. The van der Waals surface area contributed by atoms with Gasteiger partial charge in [0.05, 0.1) is 6.61 Å². The Morgan fingerprint density at radius 1 is 1.18 bits per heavy atom. The molecule has 0 aliphatic carbocycles. The minimum atomic E-state index is -1.42. The van der Waals surface area contributed by atoms with Crippen molar-refractivity contribution in [3.05, 3.63) is 0 Å². The third-order valence-electron chi connectivity index (χ3n) is 1.47. The van der Waals surface area contributed by atoms with E-state index in [1.165, 1.54) is 12.8 Å². The lowest BCUT2D eigenvalue weighted by Gasteiger charge is -1.98. The number of hydrogen-bond donors (Lipinski definition) is 0.